The van der Waals surface area contributed by atoms with Gasteiger partial charge in [0, 0.05) is 25.3 Å². The molecule has 1 aliphatic rings. The van der Waals surface area contributed by atoms with Crippen LogP contribution in [0.3, 0.4) is 0 Å². The lowest BCUT2D eigenvalue weighted by Crippen LogP contribution is -2.40. The van der Waals surface area contributed by atoms with Gasteiger partial charge in [0.15, 0.2) is 0 Å². The average Bonchev–Trinajstić information content (AvgIpc) is 3.20. The highest BCUT2D eigenvalue weighted by Crippen LogP contribution is 2.26. The van der Waals surface area contributed by atoms with Crippen LogP contribution in [0.4, 0.5) is 11.4 Å². The molecule has 7 heteroatoms. The molecule has 0 bridgehead atoms. The van der Waals surface area contributed by atoms with Gasteiger partial charge in [-0.25, -0.2) is 8.42 Å². The fraction of sp³-hybridized carbons (Fsp3) is 0.409. The van der Waals surface area contributed by atoms with Gasteiger partial charge in [-0.2, -0.15) is 0 Å². The van der Waals surface area contributed by atoms with Crippen molar-refractivity contribution in [1.82, 2.24) is 5.32 Å². The quantitative estimate of drug-likeness (QED) is 0.755. The monoisotopic (exact) mass is 415 g/mol. The van der Waals surface area contributed by atoms with Gasteiger partial charge in [0.05, 0.1) is 11.9 Å². The molecule has 0 unspecified atom stereocenters. The fourth-order valence-corrected chi connectivity index (χ4v) is 4.72. The Bertz CT molecular complexity index is 945. The molecule has 1 amide bonds. The van der Waals surface area contributed by atoms with Crippen molar-refractivity contribution in [2.75, 3.05) is 35.1 Å². The van der Waals surface area contributed by atoms with Crippen molar-refractivity contribution >= 4 is 27.3 Å². The van der Waals surface area contributed by atoms with Crippen molar-refractivity contribution in [2.45, 2.75) is 33.2 Å². The lowest BCUT2D eigenvalue weighted by Gasteiger charge is -2.25. The molecule has 1 heterocycles. The van der Waals surface area contributed by atoms with Gasteiger partial charge in [0.25, 0.3) is 0 Å². The van der Waals surface area contributed by atoms with Crippen LogP contribution in [-0.4, -0.2) is 40.2 Å². The number of carbonyl (C=O) groups excluding carboxylic acids is 1. The Balaban J connectivity index is 1.65. The zero-order chi connectivity index (χ0) is 21.0. The van der Waals surface area contributed by atoms with Crippen LogP contribution in [-0.2, 0) is 21.4 Å². The van der Waals surface area contributed by atoms with E-state index in [1.165, 1.54) is 22.8 Å². The zero-order valence-corrected chi connectivity index (χ0v) is 18.1. The summed E-state index contributed by atoms with van der Waals surface area (Å²) >= 11 is 0. The Labute approximate surface area is 173 Å². The molecule has 29 heavy (non-hydrogen) atoms. The average molecular weight is 416 g/mol. The van der Waals surface area contributed by atoms with Crippen LogP contribution in [0.2, 0.25) is 0 Å². The number of rotatable bonds is 7. The maximum Gasteiger partial charge on any atom is 0.241 e. The van der Waals surface area contributed by atoms with Crippen LogP contribution in [0.5, 0.6) is 0 Å². The summed E-state index contributed by atoms with van der Waals surface area (Å²) < 4.78 is 25.9. The summed E-state index contributed by atoms with van der Waals surface area (Å²) in [6.45, 7) is 6.01. The third-order valence-corrected chi connectivity index (χ3v) is 6.39. The third kappa shape index (κ3) is 5.29. The molecule has 0 atom stereocenters. The molecule has 2 aromatic carbocycles. The highest BCUT2D eigenvalue weighted by molar-refractivity contribution is 7.92. The number of para-hydroxylation sites is 1. The first kappa shape index (κ1) is 21.2. The molecule has 0 aliphatic carbocycles. The van der Waals surface area contributed by atoms with E-state index in [4.69, 9.17) is 0 Å². The van der Waals surface area contributed by atoms with Crippen molar-refractivity contribution in [3.8, 4) is 0 Å². The minimum Gasteiger partial charge on any atom is -0.372 e. The van der Waals surface area contributed by atoms with Crippen LogP contribution in [0.1, 0.15) is 29.5 Å². The SMILES string of the molecule is Cc1cccc(C)c1N(CC(=O)NCc1ccc(N2CCCC2)cc1)S(C)(=O)=O. The minimum atomic E-state index is -3.59. The van der Waals surface area contributed by atoms with E-state index in [0.717, 1.165) is 36.0 Å². The maximum atomic E-state index is 12.5. The molecule has 1 fully saturated rings. The number of aryl methyl sites for hydroxylation is 2. The van der Waals surface area contributed by atoms with Gasteiger partial charge >= 0.3 is 0 Å². The van der Waals surface area contributed by atoms with Crippen LogP contribution in [0.25, 0.3) is 0 Å². The van der Waals surface area contributed by atoms with E-state index in [0.29, 0.717) is 12.2 Å². The van der Waals surface area contributed by atoms with E-state index >= 15 is 0 Å². The Kier molecular flexibility index (Phi) is 6.47. The highest BCUT2D eigenvalue weighted by atomic mass is 32.2. The van der Waals surface area contributed by atoms with Crippen LogP contribution in [0, 0.1) is 13.8 Å². The van der Waals surface area contributed by atoms with Crippen LogP contribution < -0.4 is 14.5 Å². The summed E-state index contributed by atoms with van der Waals surface area (Å²) in [5.41, 5.74) is 4.40. The molecule has 1 N–H and O–H groups in total. The predicted octanol–water partition coefficient (Wildman–Crippen LogP) is 2.99. The molecular formula is C22H29N3O3S. The van der Waals surface area contributed by atoms with Crippen molar-refractivity contribution in [2.24, 2.45) is 0 Å². The summed E-state index contributed by atoms with van der Waals surface area (Å²) in [5, 5.41) is 2.84. The van der Waals surface area contributed by atoms with E-state index in [-0.39, 0.29) is 12.5 Å². The number of nitrogens with one attached hydrogen (secondary N) is 1. The lowest BCUT2D eigenvalue weighted by atomic mass is 10.1. The molecule has 0 spiro atoms. The molecule has 3 rings (SSSR count). The summed E-state index contributed by atoms with van der Waals surface area (Å²) in [7, 11) is -3.59. The molecule has 2 aromatic rings. The van der Waals surface area contributed by atoms with Gasteiger partial charge in [-0.15, -0.1) is 0 Å². The summed E-state index contributed by atoms with van der Waals surface area (Å²) in [4.78, 5) is 14.9. The number of nitrogens with zero attached hydrogens (tertiary/aromatic N) is 2. The number of sulfonamides is 1. The number of hydrogen-bond donors (Lipinski definition) is 1. The van der Waals surface area contributed by atoms with Crippen molar-refractivity contribution in [3.63, 3.8) is 0 Å². The van der Waals surface area contributed by atoms with Gasteiger partial charge in [0.2, 0.25) is 15.9 Å². The smallest absolute Gasteiger partial charge is 0.241 e. The largest absolute Gasteiger partial charge is 0.372 e. The second-order valence-corrected chi connectivity index (χ2v) is 9.55. The number of carbonyl (C=O) groups is 1. The Morgan fingerprint density at radius 2 is 1.62 bits per heavy atom. The fourth-order valence-electron chi connectivity index (χ4n) is 3.75. The predicted molar refractivity (Wildman–Crippen MR) is 118 cm³/mol. The first-order valence-corrected chi connectivity index (χ1v) is 11.7. The summed E-state index contributed by atoms with van der Waals surface area (Å²) in [6, 6.07) is 13.7. The Hall–Kier alpha value is -2.54. The van der Waals surface area contributed by atoms with Crippen LogP contribution >= 0.6 is 0 Å². The molecular weight excluding hydrogens is 386 g/mol. The Morgan fingerprint density at radius 3 is 2.17 bits per heavy atom. The second-order valence-electron chi connectivity index (χ2n) is 7.65. The van der Waals surface area contributed by atoms with Gasteiger partial charge in [0.1, 0.15) is 6.54 Å². The topological polar surface area (TPSA) is 69.7 Å². The molecule has 1 saturated heterocycles. The molecule has 0 saturated carbocycles. The van der Waals surface area contributed by atoms with Crippen molar-refractivity contribution < 1.29 is 13.2 Å². The van der Waals surface area contributed by atoms with Crippen LogP contribution in [0.15, 0.2) is 42.5 Å². The standard InChI is InChI=1S/C22H29N3O3S/c1-17-7-6-8-18(2)22(17)25(29(3,27)28)16-21(26)23-15-19-9-11-20(12-10-19)24-13-4-5-14-24/h6-12H,4-5,13-16H2,1-3H3,(H,23,26). The van der Waals surface area contributed by atoms with E-state index in [1.807, 2.05) is 44.2 Å². The number of hydrogen-bond acceptors (Lipinski definition) is 4. The molecule has 156 valence electrons. The van der Waals surface area contributed by atoms with E-state index in [9.17, 15) is 13.2 Å². The molecule has 6 nitrogen and oxygen atoms in total. The second kappa shape index (κ2) is 8.86. The zero-order valence-electron chi connectivity index (χ0n) is 17.3. The van der Waals surface area contributed by atoms with Gasteiger partial charge < -0.3 is 10.2 Å². The summed E-state index contributed by atoms with van der Waals surface area (Å²) in [6.07, 6.45) is 3.59. The third-order valence-electron chi connectivity index (χ3n) is 5.27. The van der Waals surface area contributed by atoms with E-state index in [1.54, 1.807) is 0 Å². The van der Waals surface area contributed by atoms with Crippen molar-refractivity contribution in [3.05, 3.63) is 59.2 Å². The van der Waals surface area contributed by atoms with Gasteiger partial charge in [-0.3, -0.25) is 9.10 Å². The molecule has 0 radical (unpaired) electrons. The van der Waals surface area contributed by atoms with E-state index in [2.05, 4.69) is 22.3 Å². The molecule has 1 aliphatic heterocycles. The highest BCUT2D eigenvalue weighted by Gasteiger charge is 2.23. The Morgan fingerprint density at radius 1 is 1.03 bits per heavy atom. The normalized spacial score (nSPS) is 14.1. The van der Waals surface area contributed by atoms with E-state index < -0.39 is 10.0 Å². The maximum absolute atomic E-state index is 12.5. The molecule has 0 aromatic heterocycles. The first-order chi connectivity index (χ1) is 13.8. The number of benzene rings is 2. The van der Waals surface area contributed by atoms with Crippen molar-refractivity contribution in [1.29, 1.82) is 0 Å². The van der Waals surface area contributed by atoms with Gasteiger partial charge in [-0.05, 0) is 55.5 Å². The van der Waals surface area contributed by atoms with Gasteiger partial charge in [-0.1, -0.05) is 30.3 Å². The summed E-state index contributed by atoms with van der Waals surface area (Å²) in [5.74, 6) is -0.332. The lowest BCUT2D eigenvalue weighted by molar-refractivity contribution is -0.119. The first-order valence-electron chi connectivity index (χ1n) is 9.90. The number of amides is 1. The number of anilines is 2. The minimum absolute atomic E-state index is 0.240.